The van der Waals surface area contributed by atoms with Crippen LogP contribution >= 0.6 is 0 Å². The maximum atomic E-state index is 5.93. The van der Waals surface area contributed by atoms with Crippen LogP contribution in [0.25, 0.3) is 0 Å². The first-order chi connectivity index (χ1) is 9.33. The Morgan fingerprint density at radius 3 is 2.95 bits per heavy atom. The van der Waals surface area contributed by atoms with Crippen LogP contribution in [0.2, 0.25) is 0 Å². The smallest absolute Gasteiger partial charge is 0.161 e. The van der Waals surface area contributed by atoms with Crippen molar-refractivity contribution in [2.75, 3.05) is 26.9 Å². The van der Waals surface area contributed by atoms with E-state index in [1.54, 1.807) is 7.11 Å². The van der Waals surface area contributed by atoms with Gasteiger partial charge in [-0.3, -0.25) is 0 Å². The van der Waals surface area contributed by atoms with Gasteiger partial charge in [0.2, 0.25) is 0 Å². The highest BCUT2D eigenvalue weighted by atomic mass is 16.6. The monoisotopic (exact) mass is 267 g/mol. The van der Waals surface area contributed by atoms with Gasteiger partial charge in [-0.15, -0.1) is 0 Å². The Hall–Kier alpha value is -1.30. The van der Waals surface area contributed by atoms with Crippen molar-refractivity contribution in [2.24, 2.45) is 5.90 Å². The third-order valence-corrected chi connectivity index (χ3v) is 3.15. The number of methoxy groups -OCH3 is 1. The van der Waals surface area contributed by atoms with Crippen LogP contribution in [0, 0.1) is 0 Å². The lowest BCUT2D eigenvalue weighted by Gasteiger charge is -2.24. The molecular formula is C14H21NO4. The molecule has 5 heteroatoms. The van der Waals surface area contributed by atoms with Crippen LogP contribution in [-0.2, 0) is 16.0 Å². The summed E-state index contributed by atoms with van der Waals surface area (Å²) in [5.41, 5.74) is 1.11. The summed E-state index contributed by atoms with van der Waals surface area (Å²) >= 11 is 0. The standard InChI is InChI=1S/C14H21NO4/c1-16-14-9-11(6-8-18-15)4-5-13(14)19-12-3-2-7-17-10-12/h4-5,9,12H,2-3,6-8,10,15H2,1H3. The van der Waals surface area contributed by atoms with E-state index in [0.717, 1.165) is 42.9 Å². The molecule has 5 nitrogen and oxygen atoms in total. The van der Waals surface area contributed by atoms with Crippen molar-refractivity contribution in [1.29, 1.82) is 0 Å². The molecule has 0 saturated carbocycles. The summed E-state index contributed by atoms with van der Waals surface area (Å²) in [5.74, 6) is 6.53. The lowest BCUT2D eigenvalue weighted by Crippen LogP contribution is -2.28. The fourth-order valence-corrected chi connectivity index (χ4v) is 2.13. The Morgan fingerprint density at radius 1 is 1.37 bits per heavy atom. The lowest BCUT2D eigenvalue weighted by atomic mass is 10.1. The van der Waals surface area contributed by atoms with E-state index in [2.05, 4.69) is 4.84 Å². The normalized spacial score (nSPS) is 19.2. The fourth-order valence-electron chi connectivity index (χ4n) is 2.13. The molecule has 2 N–H and O–H groups in total. The van der Waals surface area contributed by atoms with Gasteiger partial charge >= 0.3 is 0 Å². The van der Waals surface area contributed by atoms with Crippen LogP contribution < -0.4 is 15.4 Å². The van der Waals surface area contributed by atoms with Gasteiger partial charge in [0, 0.05) is 6.61 Å². The maximum Gasteiger partial charge on any atom is 0.161 e. The zero-order chi connectivity index (χ0) is 13.5. The zero-order valence-electron chi connectivity index (χ0n) is 11.3. The molecule has 1 fully saturated rings. The first-order valence-electron chi connectivity index (χ1n) is 6.56. The molecule has 1 aromatic rings. The van der Waals surface area contributed by atoms with E-state index in [9.17, 15) is 0 Å². The van der Waals surface area contributed by atoms with E-state index in [1.165, 1.54) is 0 Å². The highest BCUT2D eigenvalue weighted by molar-refractivity contribution is 5.43. The summed E-state index contributed by atoms with van der Waals surface area (Å²) in [7, 11) is 1.64. The SMILES string of the molecule is COc1cc(CCON)ccc1OC1CCCOC1. The summed E-state index contributed by atoms with van der Waals surface area (Å²) in [5, 5.41) is 0. The third kappa shape index (κ3) is 4.09. The Morgan fingerprint density at radius 2 is 2.26 bits per heavy atom. The van der Waals surface area contributed by atoms with E-state index in [0.29, 0.717) is 13.2 Å². The Balaban J connectivity index is 2.02. The molecule has 106 valence electrons. The molecule has 1 heterocycles. The molecule has 2 rings (SSSR count). The van der Waals surface area contributed by atoms with Gasteiger partial charge < -0.3 is 19.0 Å². The molecular weight excluding hydrogens is 246 g/mol. The van der Waals surface area contributed by atoms with E-state index < -0.39 is 0 Å². The molecule has 1 aliphatic rings. The Labute approximate surface area is 113 Å². The van der Waals surface area contributed by atoms with Gasteiger partial charge in [-0.25, -0.2) is 5.90 Å². The summed E-state index contributed by atoms with van der Waals surface area (Å²) in [6.07, 6.45) is 2.92. The lowest BCUT2D eigenvalue weighted by molar-refractivity contribution is 0.00643. The molecule has 1 unspecified atom stereocenters. The number of hydrogen-bond donors (Lipinski definition) is 1. The number of ether oxygens (including phenoxy) is 3. The summed E-state index contributed by atoms with van der Waals surface area (Å²) in [6.45, 7) is 1.96. The highest BCUT2D eigenvalue weighted by Crippen LogP contribution is 2.30. The topological polar surface area (TPSA) is 62.9 Å². The number of hydrogen-bond acceptors (Lipinski definition) is 5. The predicted octanol–water partition coefficient (Wildman–Crippen LogP) is 1.69. The van der Waals surface area contributed by atoms with Crippen molar-refractivity contribution in [1.82, 2.24) is 0 Å². The second-order valence-corrected chi connectivity index (χ2v) is 4.56. The molecule has 1 atom stereocenters. The van der Waals surface area contributed by atoms with Gasteiger partial charge in [0.15, 0.2) is 11.5 Å². The van der Waals surface area contributed by atoms with Crippen LogP contribution in [0.15, 0.2) is 18.2 Å². The van der Waals surface area contributed by atoms with Gasteiger partial charge in [-0.2, -0.15) is 0 Å². The molecule has 0 aliphatic carbocycles. The highest BCUT2D eigenvalue weighted by Gasteiger charge is 2.17. The first-order valence-corrected chi connectivity index (χ1v) is 6.56. The average Bonchev–Trinajstić information content (AvgIpc) is 2.47. The fraction of sp³-hybridized carbons (Fsp3) is 0.571. The van der Waals surface area contributed by atoms with Gasteiger partial charge in [0.1, 0.15) is 6.10 Å². The summed E-state index contributed by atoms with van der Waals surface area (Å²) in [6, 6.07) is 5.89. The molecule has 0 spiro atoms. The van der Waals surface area contributed by atoms with Crippen LogP contribution in [0.4, 0.5) is 0 Å². The molecule has 1 saturated heterocycles. The van der Waals surface area contributed by atoms with Crippen LogP contribution in [-0.4, -0.2) is 33.0 Å². The van der Waals surface area contributed by atoms with Gasteiger partial charge in [-0.1, -0.05) is 6.07 Å². The van der Waals surface area contributed by atoms with Crippen molar-refractivity contribution in [3.05, 3.63) is 23.8 Å². The average molecular weight is 267 g/mol. The molecule has 0 amide bonds. The first kappa shape index (κ1) is 14.1. The molecule has 1 aliphatic heterocycles. The van der Waals surface area contributed by atoms with Gasteiger partial charge in [-0.05, 0) is 37.0 Å². The predicted molar refractivity (Wildman–Crippen MR) is 71.3 cm³/mol. The van der Waals surface area contributed by atoms with Gasteiger partial charge in [0.05, 0.1) is 20.3 Å². The minimum Gasteiger partial charge on any atom is -0.493 e. The van der Waals surface area contributed by atoms with E-state index in [-0.39, 0.29) is 6.10 Å². The molecule has 0 bridgehead atoms. The van der Waals surface area contributed by atoms with Crippen molar-refractivity contribution in [2.45, 2.75) is 25.4 Å². The van der Waals surface area contributed by atoms with Crippen LogP contribution in [0.3, 0.4) is 0 Å². The second-order valence-electron chi connectivity index (χ2n) is 4.56. The molecule has 19 heavy (non-hydrogen) atoms. The quantitative estimate of drug-likeness (QED) is 0.795. The number of nitrogens with two attached hydrogens (primary N) is 1. The largest absolute Gasteiger partial charge is 0.493 e. The van der Waals surface area contributed by atoms with Crippen molar-refractivity contribution < 1.29 is 19.0 Å². The second kappa shape index (κ2) is 7.33. The minimum absolute atomic E-state index is 0.112. The third-order valence-electron chi connectivity index (χ3n) is 3.15. The van der Waals surface area contributed by atoms with Gasteiger partial charge in [0.25, 0.3) is 0 Å². The van der Waals surface area contributed by atoms with E-state index >= 15 is 0 Å². The minimum atomic E-state index is 0.112. The van der Waals surface area contributed by atoms with Crippen molar-refractivity contribution >= 4 is 0 Å². The summed E-state index contributed by atoms with van der Waals surface area (Å²) < 4.78 is 16.7. The summed E-state index contributed by atoms with van der Waals surface area (Å²) in [4.78, 5) is 4.58. The molecule has 1 aromatic carbocycles. The molecule has 0 aromatic heterocycles. The molecule has 0 radical (unpaired) electrons. The number of benzene rings is 1. The van der Waals surface area contributed by atoms with Crippen LogP contribution in [0.1, 0.15) is 18.4 Å². The maximum absolute atomic E-state index is 5.93. The van der Waals surface area contributed by atoms with E-state index in [1.807, 2.05) is 18.2 Å². The zero-order valence-corrected chi connectivity index (χ0v) is 11.3. The van der Waals surface area contributed by atoms with Crippen LogP contribution in [0.5, 0.6) is 11.5 Å². The van der Waals surface area contributed by atoms with Crippen molar-refractivity contribution in [3.63, 3.8) is 0 Å². The van der Waals surface area contributed by atoms with E-state index in [4.69, 9.17) is 20.1 Å². The van der Waals surface area contributed by atoms with Crippen molar-refractivity contribution in [3.8, 4) is 11.5 Å². The Bertz CT molecular complexity index is 391. The Kier molecular flexibility index (Phi) is 5.44. The number of rotatable bonds is 6.